The normalized spacial score (nSPS) is 11.0. The third kappa shape index (κ3) is 6.64. The molecule has 0 bridgehead atoms. The Kier molecular flexibility index (Phi) is 7.82. The van der Waals surface area contributed by atoms with Gasteiger partial charge in [-0.25, -0.2) is 8.78 Å². The number of nitrogens with one attached hydrogen (secondary N) is 1. The van der Waals surface area contributed by atoms with Crippen LogP contribution in [0.3, 0.4) is 0 Å². The highest BCUT2D eigenvalue weighted by Crippen LogP contribution is 2.10. The quantitative estimate of drug-likeness (QED) is 0.790. The molecule has 6 heteroatoms. The molecule has 0 radical (unpaired) electrons. The van der Waals surface area contributed by atoms with E-state index in [1.807, 2.05) is 27.7 Å². The van der Waals surface area contributed by atoms with Gasteiger partial charge in [0.1, 0.15) is 11.6 Å². The van der Waals surface area contributed by atoms with Crippen LogP contribution in [-0.2, 0) is 4.79 Å². The maximum atomic E-state index is 13.5. The smallest absolute Gasteiger partial charge is 0.254 e. The van der Waals surface area contributed by atoms with Crippen LogP contribution in [-0.4, -0.2) is 36.3 Å². The second-order valence-electron chi connectivity index (χ2n) is 6.72. The van der Waals surface area contributed by atoms with Crippen molar-refractivity contribution in [2.75, 3.05) is 19.6 Å². The summed E-state index contributed by atoms with van der Waals surface area (Å²) in [7, 11) is 0. The Morgan fingerprint density at radius 2 is 1.67 bits per heavy atom. The van der Waals surface area contributed by atoms with E-state index >= 15 is 0 Å². The molecule has 0 aromatic heterocycles. The van der Waals surface area contributed by atoms with Crippen LogP contribution >= 0.6 is 0 Å². The standard InChI is InChI=1S/C18H26F2N2O2/c1-12(2)10-22(11-13(3)4)17(23)7-8-21-18(24)15-6-5-14(19)9-16(15)20/h5-6,9,12-13H,7-8,10-11H2,1-4H3,(H,21,24). The summed E-state index contributed by atoms with van der Waals surface area (Å²) in [5.41, 5.74) is -0.231. The van der Waals surface area contributed by atoms with Crippen LogP contribution in [0.4, 0.5) is 8.78 Å². The molecule has 0 aliphatic carbocycles. The van der Waals surface area contributed by atoms with Crippen LogP contribution in [0.25, 0.3) is 0 Å². The van der Waals surface area contributed by atoms with E-state index in [9.17, 15) is 18.4 Å². The lowest BCUT2D eigenvalue weighted by Crippen LogP contribution is -2.39. The molecule has 0 fully saturated rings. The largest absolute Gasteiger partial charge is 0.351 e. The molecule has 4 nitrogen and oxygen atoms in total. The van der Waals surface area contributed by atoms with E-state index in [1.54, 1.807) is 4.90 Å². The van der Waals surface area contributed by atoms with Gasteiger partial charge in [-0.05, 0) is 24.0 Å². The number of halogens is 2. The summed E-state index contributed by atoms with van der Waals surface area (Å²) in [5.74, 6) is -1.64. The molecule has 1 N–H and O–H groups in total. The first-order valence-electron chi connectivity index (χ1n) is 8.21. The molecule has 0 aliphatic heterocycles. The van der Waals surface area contributed by atoms with Crippen molar-refractivity contribution in [2.45, 2.75) is 34.1 Å². The molecule has 0 saturated heterocycles. The summed E-state index contributed by atoms with van der Waals surface area (Å²) in [5, 5.41) is 2.50. The average Bonchev–Trinajstić information content (AvgIpc) is 2.45. The van der Waals surface area contributed by atoms with Crippen molar-refractivity contribution in [1.82, 2.24) is 10.2 Å². The Hall–Kier alpha value is -1.98. The van der Waals surface area contributed by atoms with Gasteiger partial charge in [-0.3, -0.25) is 9.59 Å². The molecule has 0 spiro atoms. The zero-order valence-corrected chi connectivity index (χ0v) is 14.7. The van der Waals surface area contributed by atoms with E-state index in [0.29, 0.717) is 31.0 Å². The van der Waals surface area contributed by atoms with Gasteiger partial charge in [0.25, 0.3) is 5.91 Å². The van der Waals surface area contributed by atoms with Crippen molar-refractivity contribution in [3.05, 3.63) is 35.4 Å². The summed E-state index contributed by atoms with van der Waals surface area (Å²) in [6, 6.07) is 2.77. The van der Waals surface area contributed by atoms with Crippen LogP contribution in [0.15, 0.2) is 18.2 Å². The van der Waals surface area contributed by atoms with Crippen molar-refractivity contribution in [3.8, 4) is 0 Å². The number of benzene rings is 1. The first-order chi connectivity index (χ1) is 11.2. The lowest BCUT2D eigenvalue weighted by molar-refractivity contribution is -0.132. The third-order valence-electron chi connectivity index (χ3n) is 3.32. The maximum absolute atomic E-state index is 13.5. The maximum Gasteiger partial charge on any atom is 0.254 e. The topological polar surface area (TPSA) is 49.4 Å². The molecule has 0 unspecified atom stereocenters. The van der Waals surface area contributed by atoms with Crippen LogP contribution in [0, 0.1) is 23.5 Å². The Labute approximate surface area is 142 Å². The lowest BCUT2D eigenvalue weighted by atomic mass is 10.1. The van der Waals surface area contributed by atoms with Gasteiger partial charge in [-0.15, -0.1) is 0 Å². The highest BCUT2D eigenvalue weighted by molar-refractivity contribution is 5.94. The fraction of sp³-hybridized carbons (Fsp3) is 0.556. The number of carbonyl (C=O) groups excluding carboxylic acids is 2. The van der Waals surface area contributed by atoms with Crippen LogP contribution in [0.1, 0.15) is 44.5 Å². The van der Waals surface area contributed by atoms with Gasteiger partial charge in [-0.1, -0.05) is 27.7 Å². The van der Waals surface area contributed by atoms with Crippen LogP contribution in [0.2, 0.25) is 0 Å². The zero-order chi connectivity index (χ0) is 18.3. The van der Waals surface area contributed by atoms with Gasteiger partial charge in [0, 0.05) is 32.1 Å². The number of hydrogen-bond acceptors (Lipinski definition) is 2. The molecule has 134 valence electrons. The van der Waals surface area contributed by atoms with E-state index in [4.69, 9.17) is 0 Å². The van der Waals surface area contributed by atoms with Crippen molar-refractivity contribution in [2.24, 2.45) is 11.8 Å². The molecule has 0 atom stereocenters. The predicted octanol–water partition coefficient (Wildman–Crippen LogP) is 3.23. The minimum Gasteiger partial charge on any atom is -0.351 e. The zero-order valence-electron chi connectivity index (χ0n) is 14.7. The molecule has 0 aliphatic rings. The Balaban J connectivity index is 2.54. The number of rotatable bonds is 8. The first kappa shape index (κ1) is 20.1. The van der Waals surface area contributed by atoms with Crippen molar-refractivity contribution >= 4 is 11.8 Å². The third-order valence-corrected chi connectivity index (χ3v) is 3.32. The number of nitrogens with zero attached hydrogens (tertiary/aromatic N) is 1. The highest BCUT2D eigenvalue weighted by atomic mass is 19.1. The molecule has 0 saturated carbocycles. The number of amides is 2. The van der Waals surface area contributed by atoms with E-state index in [2.05, 4.69) is 5.32 Å². The molecule has 0 heterocycles. The summed E-state index contributed by atoms with van der Waals surface area (Å²) >= 11 is 0. The minimum absolute atomic E-state index is 0.0442. The summed E-state index contributed by atoms with van der Waals surface area (Å²) in [4.78, 5) is 26.0. The van der Waals surface area contributed by atoms with Crippen molar-refractivity contribution < 1.29 is 18.4 Å². The monoisotopic (exact) mass is 340 g/mol. The Bertz CT molecular complexity index is 564. The molecule has 2 amide bonds. The van der Waals surface area contributed by atoms with Gasteiger partial charge in [0.15, 0.2) is 0 Å². The number of carbonyl (C=O) groups is 2. The summed E-state index contributed by atoms with van der Waals surface area (Å²) in [6.45, 7) is 9.61. The fourth-order valence-electron chi connectivity index (χ4n) is 2.37. The molecule has 24 heavy (non-hydrogen) atoms. The van der Waals surface area contributed by atoms with E-state index < -0.39 is 17.5 Å². The van der Waals surface area contributed by atoms with Gasteiger partial charge in [-0.2, -0.15) is 0 Å². The molecule has 1 rings (SSSR count). The Morgan fingerprint density at radius 3 is 2.17 bits per heavy atom. The number of hydrogen-bond donors (Lipinski definition) is 1. The fourth-order valence-corrected chi connectivity index (χ4v) is 2.37. The van der Waals surface area contributed by atoms with Gasteiger partial charge in [0.05, 0.1) is 5.56 Å². The second-order valence-corrected chi connectivity index (χ2v) is 6.72. The second kappa shape index (κ2) is 9.35. The predicted molar refractivity (Wildman–Crippen MR) is 89.6 cm³/mol. The van der Waals surface area contributed by atoms with Crippen LogP contribution < -0.4 is 5.32 Å². The SMILES string of the molecule is CC(C)CN(CC(C)C)C(=O)CCNC(=O)c1ccc(F)cc1F. The Morgan fingerprint density at radius 1 is 1.08 bits per heavy atom. The van der Waals surface area contributed by atoms with E-state index in [0.717, 1.165) is 12.1 Å². The van der Waals surface area contributed by atoms with Crippen LogP contribution in [0.5, 0.6) is 0 Å². The summed E-state index contributed by atoms with van der Waals surface area (Å²) in [6.07, 6.45) is 0.147. The molecular weight excluding hydrogens is 314 g/mol. The molecule has 1 aromatic carbocycles. The van der Waals surface area contributed by atoms with E-state index in [1.165, 1.54) is 0 Å². The average molecular weight is 340 g/mol. The lowest BCUT2D eigenvalue weighted by Gasteiger charge is -2.26. The summed E-state index contributed by atoms with van der Waals surface area (Å²) < 4.78 is 26.4. The van der Waals surface area contributed by atoms with Crippen molar-refractivity contribution in [1.29, 1.82) is 0 Å². The van der Waals surface area contributed by atoms with Gasteiger partial charge < -0.3 is 10.2 Å². The molecular formula is C18H26F2N2O2. The highest BCUT2D eigenvalue weighted by Gasteiger charge is 2.17. The minimum atomic E-state index is -0.917. The van der Waals surface area contributed by atoms with Gasteiger partial charge in [0.2, 0.25) is 5.91 Å². The first-order valence-corrected chi connectivity index (χ1v) is 8.21. The molecule has 1 aromatic rings. The van der Waals surface area contributed by atoms with E-state index in [-0.39, 0.29) is 24.4 Å². The van der Waals surface area contributed by atoms with Gasteiger partial charge >= 0.3 is 0 Å². The van der Waals surface area contributed by atoms with Crippen molar-refractivity contribution in [3.63, 3.8) is 0 Å².